The molecule has 0 saturated carbocycles. The summed E-state index contributed by atoms with van der Waals surface area (Å²) in [6.07, 6.45) is 0. The van der Waals surface area contributed by atoms with E-state index >= 15 is 0 Å². The third-order valence-electron chi connectivity index (χ3n) is 5.74. The lowest BCUT2D eigenvalue weighted by atomic mass is 9.88. The van der Waals surface area contributed by atoms with Crippen LogP contribution in [-0.2, 0) is 31.0 Å². The number of tetrazole rings is 1. The Labute approximate surface area is 213 Å². The number of aliphatic carboxylic acids is 1. The molecule has 2 amide bonds. The fourth-order valence-corrected chi connectivity index (χ4v) is 6.64. The summed E-state index contributed by atoms with van der Waals surface area (Å²) in [5.41, 5.74) is 2.67. The summed E-state index contributed by atoms with van der Waals surface area (Å²) in [4.78, 5) is 49.0. The topological polar surface area (TPSA) is 200 Å². The number of amides is 2. The highest BCUT2D eigenvalue weighted by molar-refractivity contribution is 8.00. The van der Waals surface area contributed by atoms with Crippen molar-refractivity contribution in [2.75, 3.05) is 38.0 Å². The minimum Gasteiger partial charge on any atom is -0.481 e. The Hall–Kier alpha value is -3.44. The zero-order chi connectivity index (χ0) is 26.1. The Kier molecular flexibility index (Phi) is 7.05. The Morgan fingerprint density at radius 3 is 2.81 bits per heavy atom. The third kappa shape index (κ3) is 4.33. The molecule has 2 unspecified atom stereocenters. The molecule has 192 valence electrons. The number of hydrogen-bond donors (Lipinski definition) is 3. The average molecular weight is 538 g/mol. The van der Waals surface area contributed by atoms with Crippen molar-refractivity contribution in [2.24, 2.45) is 17.6 Å². The number of ether oxygens (including phenoxy) is 1. The van der Waals surface area contributed by atoms with Crippen molar-refractivity contribution in [3.05, 3.63) is 23.9 Å². The van der Waals surface area contributed by atoms with Gasteiger partial charge in [-0.05, 0) is 22.6 Å². The summed E-state index contributed by atoms with van der Waals surface area (Å²) in [7, 11) is 4.20. The predicted octanol–water partition coefficient (Wildman–Crippen LogP) is -1.22. The second-order valence-electron chi connectivity index (χ2n) is 8.02. The van der Waals surface area contributed by atoms with Gasteiger partial charge in [-0.25, -0.2) is 9.67 Å². The lowest BCUT2D eigenvalue weighted by molar-refractivity contribution is -0.199. The normalized spacial score (nSPS) is 25.6. The maximum absolute atomic E-state index is 13.3. The molecule has 0 radical (unpaired) electrons. The fraction of sp³-hybridized carbons (Fsp3) is 0.474. The molecule has 4 heterocycles. The van der Waals surface area contributed by atoms with Crippen molar-refractivity contribution in [1.29, 1.82) is 0 Å². The number of methoxy groups -OCH3 is 1. The number of carboxylic acid groups (broad SMARTS) is 1. The molecule has 2 fully saturated rings. The molecule has 0 aliphatic carbocycles. The number of aryl methyl sites for hydroxylation is 1. The maximum Gasteiger partial charge on any atom is 0.313 e. The highest BCUT2D eigenvalue weighted by Gasteiger charge is 2.67. The Bertz CT molecular complexity index is 1230. The van der Waals surface area contributed by atoms with Gasteiger partial charge in [0.25, 0.3) is 17.5 Å². The van der Waals surface area contributed by atoms with Crippen molar-refractivity contribution < 1.29 is 29.1 Å². The average Bonchev–Trinajstić information content (AvgIpc) is 3.28. The van der Waals surface area contributed by atoms with Gasteiger partial charge < -0.3 is 30.6 Å². The van der Waals surface area contributed by atoms with Crippen LogP contribution in [0.25, 0.3) is 0 Å². The van der Waals surface area contributed by atoms with Crippen LogP contribution in [0.2, 0.25) is 0 Å². The number of oxime groups is 1. The van der Waals surface area contributed by atoms with Crippen molar-refractivity contribution in [3.8, 4) is 0 Å². The molecular weight excluding hydrogens is 514 g/mol. The van der Waals surface area contributed by atoms with Gasteiger partial charge in [0.1, 0.15) is 29.4 Å². The van der Waals surface area contributed by atoms with E-state index in [9.17, 15) is 19.5 Å². The van der Waals surface area contributed by atoms with Gasteiger partial charge >= 0.3 is 5.97 Å². The molecule has 4 rings (SSSR count). The van der Waals surface area contributed by atoms with Crippen LogP contribution in [0.1, 0.15) is 5.69 Å². The smallest absolute Gasteiger partial charge is 0.313 e. The fourth-order valence-electron chi connectivity index (χ4n) is 3.84. The van der Waals surface area contributed by atoms with E-state index in [2.05, 4.69) is 31.0 Å². The lowest BCUT2D eigenvalue weighted by Gasteiger charge is -2.58. The van der Waals surface area contributed by atoms with Crippen molar-refractivity contribution in [3.63, 3.8) is 0 Å². The van der Waals surface area contributed by atoms with Crippen LogP contribution in [0.15, 0.2) is 28.5 Å². The first-order chi connectivity index (χ1) is 17.2. The molecule has 2 saturated heterocycles. The van der Waals surface area contributed by atoms with E-state index in [-0.39, 0.29) is 35.3 Å². The highest BCUT2D eigenvalue weighted by atomic mass is 32.2. The molecule has 2 aliphatic rings. The number of nitrogens with two attached hydrogens (primary N) is 1. The number of fused-ring (bicyclic) bond motifs is 1. The van der Waals surface area contributed by atoms with E-state index in [0.717, 1.165) is 0 Å². The van der Waals surface area contributed by atoms with Crippen molar-refractivity contribution in [1.82, 2.24) is 35.4 Å². The van der Waals surface area contributed by atoms with E-state index in [1.807, 2.05) is 0 Å². The number of thioether (sulfide) groups is 2. The zero-order valence-corrected chi connectivity index (χ0v) is 21.1. The van der Waals surface area contributed by atoms with Crippen LogP contribution >= 0.6 is 23.5 Å². The quantitative estimate of drug-likeness (QED) is 0.113. The van der Waals surface area contributed by atoms with Crippen LogP contribution in [0.5, 0.6) is 0 Å². The molecule has 0 bridgehead atoms. The Morgan fingerprint density at radius 1 is 1.42 bits per heavy atom. The van der Waals surface area contributed by atoms with Gasteiger partial charge in [-0.2, -0.15) is 0 Å². The number of hydrogen-bond acceptors (Lipinski definition) is 13. The van der Waals surface area contributed by atoms with Gasteiger partial charge in [-0.15, -0.1) is 16.9 Å². The van der Waals surface area contributed by atoms with Crippen LogP contribution < -0.4 is 11.1 Å². The molecule has 3 atom stereocenters. The number of carbonyl (C=O) groups is 3. The number of carboxylic acids is 1. The number of β-lactam (4-membered cyclic amide) rings is 1. The third-order valence-corrected chi connectivity index (χ3v) is 8.67. The van der Waals surface area contributed by atoms with Crippen LogP contribution in [-0.4, -0.2) is 102 Å². The molecule has 17 heteroatoms. The molecule has 2 aromatic heterocycles. The first kappa shape index (κ1) is 25.6. The molecule has 36 heavy (non-hydrogen) atoms. The van der Waals surface area contributed by atoms with Gasteiger partial charge in [0.15, 0.2) is 5.71 Å². The molecule has 0 aromatic carbocycles. The first-order valence-electron chi connectivity index (χ1n) is 10.4. The van der Waals surface area contributed by atoms with Crippen LogP contribution in [0.3, 0.4) is 0 Å². The van der Waals surface area contributed by atoms with E-state index in [0.29, 0.717) is 5.16 Å². The number of pyridine rings is 1. The van der Waals surface area contributed by atoms with Gasteiger partial charge in [0.2, 0.25) is 5.16 Å². The van der Waals surface area contributed by atoms with Gasteiger partial charge in [0, 0.05) is 32.2 Å². The van der Waals surface area contributed by atoms with Gasteiger partial charge in [0.05, 0.1) is 0 Å². The van der Waals surface area contributed by atoms with E-state index in [1.165, 1.54) is 53.4 Å². The summed E-state index contributed by atoms with van der Waals surface area (Å²) >= 11 is 2.38. The molecule has 4 N–H and O–H groups in total. The molecule has 2 aromatic rings. The first-order valence-corrected chi connectivity index (χ1v) is 12.4. The van der Waals surface area contributed by atoms with E-state index in [1.54, 1.807) is 19.2 Å². The summed E-state index contributed by atoms with van der Waals surface area (Å²) in [6, 6.07) is 4.65. The van der Waals surface area contributed by atoms with E-state index < -0.39 is 34.3 Å². The number of anilines is 1. The standard InChI is InChI=1S/C19H23N9O6S2/c1-27-17(23-25-26-27)36-9-18(16(31)32)7-28-14(30)19(33-2,15(28)35-8-18)22-13(29)12(24-34-3)10-5-4-6-11(20)21-10/h4-6,15H,7-9H2,1-3H3,(H2,20,21)(H,22,29)(H,31,32)/t15-,18?,19?/m1/s1. The summed E-state index contributed by atoms with van der Waals surface area (Å²) in [5.74, 6) is -1.94. The molecule has 0 spiro atoms. The zero-order valence-electron chi connectivity index (χ0n) is 19.4. The Balaban J connectivity index is 1.52. The monoisotopic (exact) mass is 537 g/mol. The number of nitrogen functional groups attached to an aromatic ring is 1. The summed E-state index contributed by atoms with van der Waals surface area (Å²) in [6.45, 7) is -0.0755. The second-order valence-corrected chi connectivity index (χ2v) is 10.0. The minimum absolute atomic E-state index is 0.0755. The molecule has 15 nitrogen and oxygen atoms in total. The van der Waals surface area contributed by atoms with Gasteiger partial charge in [-0.1, -0.05) is 23.0 Å². The Morgan fingerprint density at radius 2 is 2.19 bits per heavy atom. The largest absolute Gasteiger partial charge is 0.481 e. The van der Waals surface area contributed by atoms with E-state index in [4.69, 9.17) is 15.3 Å². The van der Waals surface area contributed by atoms with Crippen molar-refractivity contribution in [2.45, 2.75) is 16.3 Å². The van der Waals surface area contributed by atoms with Crippen LogP contribution in [0.4, 0.5) is 5.82 Å². The number of aromatic nitrogens is 5. The number of carbonyl (C=O) groups excluding carboxylic acids is 2. The van der Waals surface area contributed by atoms with Crippen molar-refractivity contribution >= 4 is 52.8 Å². The number of nitrogens with zero attached hydrogens (tertiary/aromatic N) is 7. The SMILES string of the molecule is CON=C(C(=O)NC1(OC)C(=O)N2CC(CSc3nnnn3C)(C(=O)O)CS[C@@H]21)c1cccc(N)n1. The number of nitrogens with one attached hydrogen (secondary N) is 1. The number of rotatable bonds is 9. The predicted molar refractivity (Wildman–Crippen MR) is 128 cm³/mol. The van der Waals surface area contributed by atoms with Crippen LogP contribution in [0, 0.1) is 5.41 Å². The maximum atomic E-state index is 13.3. The highest BCUT2D eigenvalue weighted by Crippen LogP contribution is 2.48. The molecular formula is C19H23N9O6S2. The van der Waals surface area contributed by atoms with Gasteiger partial charge in [-0.3, -0.25) is 14.4 Å². The molecule has 2 aliphatic heterocycles. The second kappa shape index (κ2) is 9.90. The summed E-state index contributed by atoms with van der Waals surface area (Å²) in [5, 5.41) is 27.3. The summed E-state index contributed by atoms with van der Waals surface area (Å²) < 4.78 is 6.95. The minimum atomic E-state index is -1.72. The lowest BCUT2D eigenvalue weighted by Crippen LogP contribution is -2.83.